The van der Waals surface area contributed by atoms with Crippen LogP contribution in [0.4, 0.5) is 0 Å². The quantitative estimate of drug-likeness (QED) is 0.324. The second-order valence-electron chi connectivity index (χ2n) is 8.19. The number of hydrogen-bond donors (Lipinski definition) is 1. The van der Waals surface area contributed by atoms with Gasteiger partial charge in [-0.25, -0.2) is 4.79 Å². The summed E-state index contributed by atoms with van der Waals surface area (Å²) in [5, 5.41) is 14.6. The molecule has 1 atom stereocenters. The fourth-order valence-corrected chi connectivity index (χ4v) is 3.99. The molecule has 0 amide bonds. The van der Waals surface area contributed by atoms with Crippen LogP contribution in [0.5, 0.6) is 5.75 Å². The molecule has 0 aliphatic heterocycles. The van der Waals surface area contributed by atoms with E-state index in [1.54, 1.807) is 14.0 Å². The molecule has 4 rings (SSSR count). The number of aromatic nitrogens is 1. The average Bonchev–Trinajstić information content (AvgIpc) is 3.58. The molecular weight excluding hydrogens is 420 g/mol. The van der Waals surface area contributed by atoms with Crippen LogP contribution in [0.3, 0.4) is 0 Å². The number of benzene rings is 2. The Balaban J connectivity index is 1.34. The van der Waals surface area contributed by atoms with Gasteiger partial charge >= 0.3 is 5.97 Å². The molecule has 33 heavy (non-hydrogen) atoms. The van der Waals surface area contributed by atoms with Gasteiger partial charge < -0.3 is 24.0 Å². The number of oxime groups is 1. The molecule has 174 valence electrons. The van der Waals surface area contributed by atoms with Crippen molar-refractivity contribution in [1.29, 1.82) is 0 Å². The van der Waals surface area contributed by atoms with E-state index in [9.17, 15) is 9.90 Å². The standard InChI is InChI=1S/C26H30N2O5/c1-3-32-24(26(29)30)16-18-4-9-22(10-5-18)33-15-14-28-13-12-20-17-21(8-11-23(20)28)25(27-31-2)19-6-7-19/h4-5,8-13,17,19,24H,3,6-7,14-16H2,1-2H3,(H,29,30)/b27-25+. The van der Waals surface area contributed by atoms with Gasteiger partial charge in [0, 0.05) is 41.6 Å². The van der Waals surface area contributed by atoms with Crippen LogP contribution in [0.25, 0.3) is 10.9 Å². The van der Waals surface area contributed by atoms with Crippen molar-refractivity contribution >= 4 is 22.6 Å². The Morgan fingerprint density at radius 3 is 2.64 bits per heavy atom. The number of rotatable bonds is 12. The molecule has 7 nitrogen and oxygen atoms in total. The number of carbonyl (C=O) groups is 1. The first-order valence-electron chi connectivity index (χ1n) is 11.4. The van der Waals surface area contributed by atoms with Gasteiger partial charge in [-0.1, -0.05) is 23.4 Å². The normalized spacial score (nSPS) is 14.9. The molecule has 1 aliphatic carbocycles. The van der Waals surface area contributed by atoms with E-state index in [4.69, 9.17) is 14.3 Å². The zero-order valence-electron chi connectivity index (χ0n) is 19.1. The topological polar surface area (TPSA) is 82.3 Å². The van der Waals surface area contributed by atoms with Crippen LogP contribution in [0.1, 0.15) is 30.9 Å². The molecule has 0 radical (unpaired) electrons. The van der Waals surface area contributed by atoms with Crippen LogP contribution in [-0.4, -0.2) is 47.8 Å². The molecule has 1 aliphatic rings. The first kappa shape index (κ1) is 22.9. The van der Waals surface area contributed by atoms with E-state index in [1.165, 1.54) is 18.2 Å². The third kappa shape index (κ3) is 5.73. The number of hydrogen-bond acceptors (Lipinski definition) is 5. The van der Waals surface area contributed by atoms with E-state index in [2.05, 4.69) is 40.2 Å². The van der Waals surface area contributed by atoms with Crippen molar-refractivity contribution in [1.82, 2.24) is 4.57 Å². The SMILES string of the molecule is CCOC(Cc1ccc(OCCn2ccc3cc(/C(=N/OC)C4CC4)ccc32)cc1)C(=O)O. The van der Waals surface area contributed by atoms with Gasteiger partial charge in [0.1, 0.15) is 19.5 Å². The number of carboxylic acids is 1. The molecule has 1 aromatic heterocycles. The van der Waals surface area contributed by atoms with Crippen molar-refractivity contribution in [3.8, 4) is 5.75 Å². The van der Waals surface area contributed by atoms with E-state index in [0.717, 1.165) is 34.6 Å². The summed E-state index contributed by atoms with van der Waals surface area (Å²) in [6.07, 6.45) is 3.92. The summed E-state index contributed by atoms with van der Waals surface area (Å²) < 4.78 is 13.4. The van der Waals surface area contributed by atoms with Gasteiger partial charge in [0.05, 0.1) is 12.3 Å². The zero-order valence-corrected chi connectivity index (χ0v) is 19.1. The summed E-state index contributed by atoms with van der Waals surface area (Å²) in [5.41, 5.74) is 4.21. The summed E-state index contributed by atoms with van der Waals surface area (Å²) >= 11 is 0. The van der Waals surface area contributed by atoms with Crippen molar-refractivity contribution in [2.75, 3.05) is 20.3 Å². The minimum absolute atomic E-state index is 0.332. The number of fused-ring (bicyclic) bond motifs is 1. The van der Waals surface area contributed by atoms with Crippen LogP contribution in [0.2, 0.25) is 0 Å². The lowest BCUT2D eigenvalue weighted by atomic mass is 10.0. The Morgan fingerprint density at radius 2 is 1.97 bits per heavy atom. The summed E-state index contributed by atoms with van der Waals surface area (Å²) in [7, 11) is 1.60. The van der Waals surface area contributed by atoms with Crippen LogP contribution in [-0.2, 0) is 27.3 Å². The predicted octanol–water partition coefficient (Wildman–Crippen LogP) is 4.51. The van der Waals surface area contributed by atoms with Gasteiger partial charge in [-0.3, -0.25) is 0 Å². The Morgan fingerprint density at radius 1 is 1.18 bits per heavy atom. The van der Waals surface area contributed by atoms with Crippen LogP contribution in [0, 0.1) is 5.92 Å². The van der Waals surface area contributed by atoms with Crippen molar-refractivity contribution in [3.63, 3.8) is 0 Å². The maximum absolute atomic E-state index is 11.3. The maximum Gasteiger partial charge on any atom is 0.333 e. The molecule has 1 unspecified atom stereocenters. The Kier molecular flexibility index (Phi) is 7.29. The third-order valence-electron chi connectivity index (χ3n) is 5.81. The molecule has 2 aromatic carbocycles. The molecule has 1 heterocycles. The van der Waals surface area contributed by atoms with Gasteiger partial charge in [-0.2, -0.15) is 0 Å². The second-order valence-corrected chi connectivity index (χ2v) is 8.19. The minimum Gasteiger partial charge on any atom is -0.492 e. The fourth-order valence-electron chi connectivity index (χ4n) is 3.99. The second kappa shape index (κ2) is 10.5. The lowest BCUT2D eigenvalue weighted by Crippen LogP contribution is -2.26. The average molecular weight is 451 g/mol. The molecule has 7 heteroatoms. The molecule has 1 saturated carbocycles. The summed E-state index contributed by atoms with van der Waals surface area (Å²) in [5.74, 6) is 0.321. The lowest BCUT2D eigenvalue weighted by Gasteiger charge is -2.13. The van der Waals surface area contributed by atoms with E-state index < -0.39 is 12.1 Å². The lowest BCUT2D eigenvalue weighted by molar-refractivity contribution is -0.149. The predicted molar refractivity (Wildman–Crippen MR) is 127 cm³/mol. The van der Waals surface area contributed by atoms with Gasteiger partial charge in [-0.05, 0) is 55.7 Å². The number of nitrogens with zero attached hydrogens (tertiary/aromatic N) is 2. The van der Waals surface area contributed by atoms with Crippen molar-refractivity contribution in [3.05, 3.63) is 65.9 Å². The van der Waals surface area contributed by atoms with Gasteiger partial charge in [0.15, 0.2) is 6.10 Å². The smallest absolute Gasteiger partial charge is 0.333 e. The van der Waals surface area contributed by atoms with Gasteiger partial charge in [0.25, 0.3) is 0 Å². The zero-order chi connectivity index (χ0) is 23.2. The Bertz CT molecular complexity index is 1120. The van der Waals surface area contributed by atoms with Crippen LogP contribution >= 0.6 is 0 Å². The van der Waals surface area contributed by atoms with Gasteiger partial charge in [-0.15, -0.1) is 0 Å². The molecule has 1 fully saturated rings. The monoisotopic (exact) mass is 450 g/mol. The Labute approximate surface area is 193 Å². The first-order valence-corrected chi connectivity index (χ1v) is 11.4. The fraction of sp³-hybridized carbons (Fsp3) is 0.385. The molecule has 0 saturated heterocycles. The number of ether oxygens (including phenoxy) is 2. The molecule has 1 N–H and O–H groups in total. The maximum atomic E-state index is 11.3. The van der Waals surface area contributed by atoms with E-state index in [1.807, 2.05) is 24.3 Å². The summed E-state index contributed by atoms with van der Waals surface area (Å²) in [4.78, 5) is 16.3. The molecular formula is C26H30N2O5. The van der Waals surface area contributed by atoms with Crippen molar-refractivity contribution in [2.45, 2.75) is 38.8 Å². The Hall–Kier alpha value is -3.32. The number of aliphatic carboxylic acids is 1. The van der Waals surface area contributed by atoms with Crippen molar-refractivity contribution < 1.29 is 24.2 Å². The van der Waals surface area contributed by atoms with Gasteiger partial charge in [0.2, 0.25) is 0 Å². The molecule has 0 bridgehead atoms. The number of carboxylic acid groups (broad SMARTS) is 1. The summed E-state index contributed by atoms with van der Waals surface area (Å²) in [6, 6.07) is 16.0. The highest BCUT2D eigenvalue weighted by Gasteiger charge is 2.29. The third-order valence-corrected chi connectivity index (χ3v) is 5.81. The highest BCUT2D eigenvalue weighted by molar-refractivity contribution is 6.05. The molecule has 0 spiro atoms. The highest BCUT2D eigenvalue weighted by atomic mass is 16.6. The largest absolute Gasteiger partial charge is 0.492 e. The first-order chi connectivity index (χ1) is 16.1. The van der Waals surface area contributed by atoms with Crippen LogP contribution < -0.4 is 4.74 Å². The molecule has 3 aromatic rings. The minimum atomic E-state index is -0.946. The van der Waals surface area contributed by atoms with E-state index in [-0.39, 0.29) is 0 Å². The van der Waals surface area contributed by atoms with Crippen molar-refractivity contribution in [2.24, 2.45) is 11.1 Å². The highest BCUT2D eigenvalue weighted by Crippen LogP contribution is 2.34. The summed E-state index contributed by atoms with van der Waals surface area (Å²) in [6.45, 7) is 3.41. The van der Waals surface area contributed by atoms with Crippen LogP contribution in [0.15, 0.2) is 59.9 Å². The van der Waals surface area contributed by atoms with E-state index in [0.29, 0.717) is 25.6 Å². The van der Waals surface area contributed by atoms with E-state index >= 15 is 0 Å².